The van der Waals surface area contributed by atoms with E-state index < -0.39 is 0 Å². The first-order valence-corrected chi connectivity index (χ1v) is 7.67. The normalized spacial score (nSPS) is 19.9. The molecule has 4 nitrogen and oxygen atoms in total. The second-order valence-electron chi connectivity index (χ2n) is 4.93. The summed E-state index contributed by atoms with van der Waals surface area (Å²) in [6.45, 7) is 1.11. The number of piperidine rings is 1. The molecule has 1 aromatic heterocycles. The first-order valence-electron chi connectivity index (χ1n) is 6.55. The van der Waals surface area contributed by atoms with Gasteiger partial charge in [-0.05, 0) is 31.7 Å². The van der Waals surface area contributed by atoms with Crippen LogP contribution in [0.1, 0.15) is 25.7 Å². The number of aromatic nitrogens is 2. The van der Waals surface area contributed by atoms with Gasteiger partial charge in [-0.1, -0.05) is 15.9 Å². The fraction of sp³-hybridized carbons (Fsp3) is 0.692. The van der Waals surface area contributed by atoms with Crippen molar-refractivity contribution in [3.63, 3.8) is 0 Å². The van der Waals surface area contributed by atoms with Crippen LogP contribution in [0, 0.1) is 0 Å². The van der Waals surface area contributed by atoms with Gasteiger partial charge in [-0.2, -0.15) is 4.98 Å². The van der Waals surface area contributed by atoms with Gasteiger partial charge in [0.1, 0.15) is 5.82 Å². The Morgan fingerprint density at radius 2 is 2.28 bits per heavy atom. The summed E-state index contributed by atoms with van der Waals surface area (Å²) in [7, 11) is 3.95. The van der Waals surface area contributed by atoms with E-state index in [1.165, 1.54) is 25.7 Å². The van der Waals surface area contributed by atoms with Crippen LogP contribution < -0.4 is 9.80 Å². The maximum atomic E-state index is 4.65. The van der Waals surface area contributed by atoms with Gasteiger partial charge in [0.05, 0.1) is 0 Å². The molecule has 0 aliphatic carbocycles. The lowest BCUT2D eigenvalue weighted by atomic mass is 10.0. The Morgan fingerprint density at radius 3 is 3.00 bits per heavy atom. The van der Waals surface area contributed by atoms with E-state index in [0.717, 1.165) is 23.6 Å². The summed E-state index contributed by atoms with van der Waals surface area (Å²) >= 11 is 3.56. The SMILES string of the molecule is CN(C)c1nccc(N2CCCCC2CCBr)n1. The molecule has 1 aliphatic rings. The number of anilines is 2. The molecule has 1 saturated heterocycles. The molecule has 0 amide bonds. The van der Waals surface area contributed by atoms with Crippen molar-refractivity contribution < 1.29 is 0 Å². The van der Waals surface area contributed by atoms with Crippen LogP contribution in [0.15, 0.2) is 12.3 Å². The van der Waals surface area contributed by atoms with Gasteiger partial charge in [-0.3, -0.25) is 0 Å². The molecule has 2 rings (SSSR count). The van der Waals surface area contributed by atoms with Gasteiger partial charge in [0.2, 0.25) is 5.95 Å². The van der Waals surface area contributed by atoms with E-state index >= 15 is 0 Å². The van der Waals surface area contributed by atoms with E-state index in [-0.39, 0.29) is 0 Å². The number of halogens is 1. The molecule has 18 heavy (non-hydrogen) atoms. The predicted octanol–water partition coefficient (Wildman–Crippen LogP) is 2.69. The van der Waals surface area contributed by atoms with Gasteiger partial charge in [-0.15, -0.1) is 0 Å². The van der Waals surface area contributed by atoms with Crippen LogP contribution >= 0.6 is 15.9 Å². The van der Waals surface area contributed by atoms with E-state index in [0.29, 0.717) is 6.04 Å². The lowest BCUT2D eigenvalue weighted by Crippen LogP contribution is -2.40. The number of nitrogens with zero attached hydrogens (tertiary/aromatic N) is 4. The molecular formula is C13H21BrN4. The third-order valence-electron chi connectivity index (χ3n) is 3.39. The van der Waals surface area contributed by atoms with Crippen LogP contribution in [0.2, 0.25) is 0 Å². The molecule has 0 N–H and O–H groups in total. The molecule has 0 saturated carbocycles. The number of rotatable bonds is 4. The Hall–Kier alpha value is -0.840. The summed E-state index contributed by atoms with van der Waals surface area (Å²) in [5.41, 5.74) is 0. The van der Waals surface area contributed by atoms with Crippen LogP contribution in [0.4, 0.5) is 11.8 Å². The van der Waals surface area contributed by atoms with Crippen molar-refractivity contribution in [1.29, 1.82) is 0 Å². The van der Waals surface area contributed by atoms with Gasteiger partial charge in [0.25, 0.3) is 0 Å². The maximum Gasteiger partial charge on any atom is 0.226 e. The maximum absolute atomic E-state index is 4.65. The molecule has 100 valence electrons. The molecular weight excluding hydrogens is 292 g/mol. The predicted molar refractivity (Wildman–Crippen MR) is 79.8 cm³/mol. The summed E-state index contributed by atoms with van der Waals surface area (Å²) in [5, 5.41) is 1.06. The van der Waals surface area contributed by atoms with Crippen LogP contribution in [-0.4, -0.2) is 42.0 Å². The summed E-state index contributed by atoms with van der Waals surface area (Å²) in [6.07, 6.45) is 6.91. The van der Waals surface area contributed by atoms with Gasteiger partial charge in [0, 0.05) is 38.2 Å². The average molecular weight is 313 g/mol. The smallest absolute Gasteiger partial charge is 0.226 e. The minimum absolute atomic E-state index is 0.614. The molecule has 0 aromatic carbocycles. The largest absolute Gasteiger partial charge is 0.353 e. The zero-order valence-corrected chi connectivity index (χ0v) is 12.7. The van der Waals surface area contributed by atoms with E-state index in [2.05, 4.69) is 30.8 Å². The van der Waals surface area contributed by atoms with Crippen molar-refractivity contribution in [3.8, 4) is 0 Å². The summed E-state index contributed by atoms with van der Waals surface area (Å²) < 4.78 is 0. The van der Waals surface area contributed by atoms with Crippen LogP contribution in [-0.2, 0) is 0 Å². The Balaban J connectivity index is 2.19. The fourth-order valence-electron chi connectivity index (χ4n) is 2.44. The molecule has 1 unspecified atom stereocenters. The quantitative estimate of drug-likeness (QED) is 0.800. The minimum atomic E-state index is 0.614. The van der Waals surface area contributed by atoms with Gasteiger partial charge in [0.15, 0.2) is 0 Å². The van der Waals surface area contributed by atoms with Crippen LogP contribution in [0.25, 0.3) is 0 Å². The van der Waals surface area contributed by atoms with Gasteiger partial charge in [-0.25, -0.2) is 4.98 Å². The first kappa shape index (κ1) is 13.6. The van der Waals surface area contributed by atoms with Crippen molar-refractivity contribution in [2.45, 2.75) is 31.7 Å². The Kier molecular flexibility index (Phi) is 4.80. The highest BCUT2D eigenvalue weighted by Gasteiger charge is 2.23. The molecule has 1 aliphatic heterocycles. The highest BCUT2D eigenvalue weighted by atomic mass is 79.9. The Morgan fingerprint density at radius 1 is 1.44 bits per heavy atom. The van der Waals surface area contributed by atoms with Crippen molar-refractivity contribution in [3.05, 3.63) is 12.3 Å². The van der Waals surface area contributed by atoms with Gasteiger partial charge >= 0.3 is 0 Å². The average Bonchev–Trinajstić information content (AvgIpc) is 2.40. The van der Waals surface area contributed by atoms with Gasteiger partial charge < -0.3 is 9.80 Å². The number of alkyl halides is 1. The third-order valence-corrected chi connectivity index (χ3v) is 3.85. The molecule has 2 heterocycles. The molecule has 0 spiro atoms. The molecule has 1 atom stereocenters. The van der Waals surface area contributed by atoms with E-state index in [1.54, 1.807) is 0 Å². The monoisotopic (exact) mass is 312 g/mol. The standard InChI is InChI=1S/C13H21BrN4/c1-17(2)13-15-9-7-12(16-13)18-10-4-3-5-11(18)6-8-14/h7,9,11H,3-6,8,10H2,1-2H3. The lowest BCUT2D eigenvalue weighted by Gasteiger charge is -2.36. The third kappa shape index (κ3) is 3.13. The summed E-state index contributed by atoms with van der Waals surface area (Å²) in [6, 6.07) is 2.64. The first-order chi connectivity index (χ1) is 8.72. The van der Waals surface area contributed by atoms with Crippen molar-refractivity contribution in [1.82, 2.24) is 9.97 Å². The zero-order valence-electron chi connectivity index (χ0n) is 11.1. The highest BCUT2D eigenvalue weighted by Crippen LogP contribution is 2.26. The minimum Gasteiger partial charge on any atom is -0.353 e. The lowest BCUT2D eigenvalue weighted by molar-refractivity contribution is 0.449. The molecule has 1 aromatic rings. The van der Waals surface area contributed by atoms with E-state index in [1.807, 2.05) is 31.3 Å². The molecule has 5 heteroatoms. The number of hydrogen-bond acceptors (Lipinski definition) is 4. The molecule has 1 fully saturated rings. The number of hydrogen-bond donors (Lipinski definition) is 0. The second kappa shape index (κ2) is 6.36. The van der Waals surface area contributed by atoms with Crippen molar-refractivity contribution in [2.24, 2.45) is 0 Å². The zero-order chi connectivity index (χ0) is 13.0. The molecule has 0 radical (unpaired) electrons. The summed E-state index contributed by atoms with van der Waals surface area (Å²) in [5.74, 6) is 1.86. The second-order valence-corrected chi connectivity index (χ2v) is 5.72. The summed E-state index contributed by atoms with van der Waals surface area (Å²) in [4.78, 5) is 13.3. The Labute approximate surface area is 118 Å². The van der Waals surface area contributed by atoms with E-state index in [4.69, 9.17) is 0 Å². The van der Waals surface area contributed by atoms with Crippen molar-refractivity contribution >= 4 is 27.7 Å². The van der Waals surface area contributed by atoms with Crippen molar-refractivity contribution in [2.75, 3.05) is 35.8 Å². The molecule has 0 bridgehead atoms. The topological polar surface area (TPSA) is 32.3 Å². The highest BCUT2D eigenvalue weighted by molar-refractivity contribution is 9.09. The Bertz CT molecular complexity index is 381. The fourth-order valence-corrected chi connectivity index (χ4v) is 2.97. The van der Waals surface area contributed by atoms with Crippen LogP contribution in [0.3, 0.4) is 0 Å². The van der Waals surface area contributed by atoms with E-state index in [9.17, 15) is 0 Å². The van der Waals surface area contributed by atoms with Crippen LogP contribution in [0.5, 0.6) is 0 Å².